The Balaban J connectivity index is 1.76. The van der Waals surface area contributed by atoms with Gasteiger partial charge in [0.2, 0.25) is 0 Å². The quantitative estimate of drug-likeness (QED) is 0.517. The first-order valence-corrected chi connectivity index (χ1v) is 9.78. The van der Waals surface area contributed by atoms with E-state index in [1.54, 1.807) is 0 Å². The molecule has 3 fully saturated rings. The minimum absolute atomic E-state index is 0.0343. The van der Waals surface area contributed by atoms with E-state index >= 15 is 0 Å². The molecule has 0 aliphatic heterocycles. The average molecular weight is 381 g/mol. The Kier molecular flexibility index (Phi) is 3.49. The fourth-order valence-corrected chi connectivity index (χ4v) is 7.15. The van der Waals surface area contributed by atoms with Crippen molar-refractivity contribution in [2.24, 2.45) is 28.6 Å². The van der Waals surface area contributed by atoms with Crippen LogP contribution in [0.1, 0.15) is 52.4 Å². The van der Waals surface area contributed by atoms with E-state index in [9.17, 15) is 14.7 Å². The van der Waals surface area contributed by atoms with Gasteiger partial charge in [0, 0.05) is 18.3 Å². The molecule has 0 unspecified atom stereocenters. The minimum atomic E-state index is -0.510. The third-order valence-corrected chi connectivity index (χ3v) is 8.45. The maximum Gasteiger partial charge on any atom is 0.152 e. The number of halogens is 1. The Morgan fingerprint density at radius 2 is 1.91 bits per heavy atom. The van der Waals surface area contributed by atoms with Crippen LogP contribution >= 0.6 is 15.9 Å². The molecular formula is C19H25BrO3. The Hall–Kier alpha value is -0.480. The van der Waals surface area contributed by atoms with E-state index in [2.05, 4.69) is 29.8 Å². The molecule has 0 heterocycles. The standard InChI is InChI=1S/C19H25BrO3/c1-18-5-3-11(21)7-10(18)8-15(22)16-12(18)4-6-19(2)13(16)9-14(20)17(19)23/h8,12-16,22H,3-7,9H2,1-2H3/t12-,13-,14+,15+,16+,18-,19-/m0/s1. The first kappa shape index (κ1) is 16.0. The molecule has 126 valence electrons. The molecule has 4 aliphatic rings. The Morgan fingerprint density at radius 1 is 1.17 bits per heavy atom. The molecule has 4 heteroatoms. The summed E-state index contributed by atoms with van der Waals surface area (Å²) in [4.78, 5) is 24.5. The number of aliphatic hydroxyl groups excluding tert-OH is 1. The lowest BCUT2D eigenvalue weighted by molar-refractivity contribution is -0.135. The van der Waals surface area contributed by atoms with Crippen molar-refractivity contribution in [2.45, 2.75) is 63.3 Å². The van der Waals surface area contributed by atoms with Crippen molar-refractivity contribution in [1.29, 1.82) is 0 Å². The molecule has 0 aromatic heterocycles. The maximum absolute atomic E-state index is 12.7. The van der Waals surface area contributed by atoms with Crippen molar-refractivity contribution in [3.63, 3.8) is 0 Å². The van der Waals surface area contributed by atoms with Gasteiger partial charge in [0.05, 0.1) is 10.9 Å². The van der Waals surface area contributed by atoms with E-state index in [4.69, 9.17) is 0 Å². The van der Waals surface area contributed by atoms with E-state index in [-0.39, 0.29) is 27.5 Å². The summed E-state index contributed by atoms with van der Waals surface area (Å²) in [7, 11) is 0. The highest BCUT2D eigenvalue weighted by Gasteiger charge is 2.62. The molecule has 23 heavy (non-hydrogen) atoms. The summed E-state index contributed by atoms with van der Waals surface area (Å²) in [5.41, 5.74) is 0.903. The van der Waals surface area contributed by atoms with Gasteiger partial charge >= 0.3 is 0 Å². The van der Waals surface area contributed by atoms with Crippen molar-refractivity contribution in [1.82, 2.24) is 0 Å². The van der Waals surface area contributed by atoms with Crippen LogP contribution in [-0.4, -0.2) is 27.6 Å². The first-order chi connectivity index (χ1) is 10.8. The van der Waals surface area contributed by atoms with Crippen LogP contribution in [0.4, 0.5) is 0 Å². The number of fused-ring (bicyclic) bond motifs is 5. The predicted octanol–water partition coefficient (Wildman–Crippen LogP) is 3.43. The van der Waals surface area contributed by atoms with Gasteiger partial charge in [0.25, 0.3) is 0 Å². The van der Waals surface area contributed by atoms with Crippen LogP contribution in [-0.2, 0) is 9.59 Å². The number of carbonyl (C=O) groups is 2. The van der Waals surface area contributed by atoms with Gasteiger partial charge in [-0.3, -0.25) is 9.59 Å². The molecule has 0 radical (unpaired) electrons. The van der Waals surface area contributed by atoms with Crippen molar-refractivity contribution in [3.05, 3.63) is 11.6 Å². The lowest BCUT2D eigenvalue weighted by atomic mass is 9.47. The number of hydrogen-bond acceptors (Lipinski definition) is 3. The zero-order valence-electron chi connectivity index (χ0n) is 13.8. The summed E-state index contributed by atoms with van der Waals surface area (Å²) < 4.78 is 0. The number of ketones is 2. The molecule has 0 aromatic rings. The van der Waals surface area contributed by atoms with Gasteiger partial charge in [0.15, 0.2) is 5.78 Å². The molecule has 4 rings (SSSR count). The Morgan fingerprint density at radius 3 is 2.65 bits per heavy atom. The van der Waals surface area contributed by atoms with Crippen LogP contribution in [0.25, 0.3) is 0 Å². The van der Waals surface area contributed by atoms with Gasteiger partial charge < -0.3 is 5.11 Å². The van der Waals surface area contributed by atoms with E-state index in [0.717, 1.165) is 31.3 Å². The highest BCUT2D eigenvalue weighted by Crippen LogP contribution is 2.64. The molecule has 1 N–H and O–H groups in total. The predicted molar refractivity (Wildman–Crippen MR) is 91.2 cm³/mol. The lowest BCUT2D eigenvalue weighted by Gasteiger charge is -2.57. The highest BCUT2D eigenvalue weighted by molar-refractivity contribution is 9.10. The molecule has 7 atom stereocenters. The molecule has 0 saturated heterocycles. The minimum Gasteiger partial charge on any atom is -0.389 e. The van der Waals surface area contributed by atoms with Crippen molar-refractivity contribution in [3.8, 4) is 0 Å². The number of aliphatic hydroxyl groups is 1. The summed E-state index contributed by atoms with van der Waals surface area (Å²) in [6.07, 6.45) is 6.28. The zero-order chi connectivity index (χ0) is 16.6. The third kappa shape index (κ3) is 2.03. The summed E-state index contributed by atoms with van der Waals surface area (Å²) in [6.45, 7) is 4.40. The van der Waals surface area contributed by atoms with Crippen LogP contribution in [0.5, 0.6) is 0 Å². The lowest BCUT2D eigenvalue weighted by Crippen LogP contribution is -2.54. The molecule has 0 amide bonds. The Labute approximate surface area is 146 Å². The van der Waals surface area contributed by atoms with Crippen molar-refractivity contribution >= 4 is 27.5 Å². The van der Waals surface area contributed by atoms with Crippen LogP contribution in [0.15, 0.2) is 11.6 Å². The molecule has 0 spiro atoms. The van der Waals surface area contributed by atoms with Gasteiger partial charge in [-0.05, 0) is 48.9 Å². The zero-order valence-corrected chi connectivity index (χ0v) is 15.4. The first-order valence-electron chi connectivity index (χ1n) is 8.87. The third-order valence-electron chi connectivity index (χ3n) is 7.66. The second-order valence-electron chi connectivity index (χ2n) is 8.63. The maximum atomic E-state index is 12.7. The summed E-state index contributed by atoms with van der Waals surface area (Å²) in [5, 5.41) is 10.9. The van der Waals surface area contributed by atoms with Crippen LogP contribution in [0.3, 0.4) is 0 Å². The number of rotatable bonds is 0. The topological polar surface area (TPSA) is 54.4 Å². The largest absolute Gasteiger partial charge is 0.389 e. The van der Waals surface area contributed by atoms with Gasteiger partial charge in [-0.15, -0.1) is 0 Å². The molecule has 0 aromatic carbocycles. The fraction of sp³-hybridized carbons (Fsp3) is 0.789. The summed E-state index contributed by atoms with van der Waals surface area (Å²) in [5.74, 6) is 1.43. The fourth-order valence-electron chi connectivity index (χ4n) is 6.22. The van der Waals surface area contributed by atoms with Crippen LogP contribution in [0, 0.1) is 28.6 Å². The van der Waals surface area contributed by atoms with Crippen molar-refractivity contribution in [2.75, 3.05) is 0 Å². The normalized spacial score (nSPS) is 52.5. The number of allylic oxidation sites excluding steroid dienone is 1. The molecular weight excluding hydrogens is 356 g/mol. The number of carbonyl (C=O) groups excluding carboxylic acids is 2. The van der Waals surface area contributed by atoms with E-state index in [1.807, 2.05) is 6.08 Å². The second-order valence-corrected chi connectivity index (χ2v) is 9.73. The summed E-state index contributed by atoms with van der Waals surface area (Å²) in [6, 6.07) is 0. The molecule has 3 nitrogen and oxygen atoms in total. The molecule has 3 saturated carbocycles. The number of alkyl halides is 1. The van der Waals surface area contributed by atoms with Gasteiger partial charge in [-0.25, -0.2) is 0 Å². The summed E-state index contributed by atoms with van der Waals surface area (Å²) >= 11 is 3.56. The van der Waals surface area contributed by atoms with Crippen molar-refractivity contribution < 1.29 is 14.7 Å². The van der Waals surface area contributed by atoms with Gasteiger partial charge in [-0.2, -0.15) is 0 Å². The SMILES string of the molecule is C[C@]12CCC(=O)CC1=C[C@@H](O)[C@@H]1[C@@H]2CC[C@]2(C)C(=O)[C@H](Br)C[C@@H]12. The van der Waals surface area contributed by atoms with Gasteiger partial charge in [0.1, 0.15) is 5.78 Å². The number of hydrogen-bond donors (Lipinski definition) is 1. The molecule has 0 bridgehead atoms. The monoisotopic (exact) mass is 380 g/mol. The van der Waals surface area contributed by atoms with Crippen LogP contribution < -0.4 is 0 Å². The Bertz CT molecular complexity index is 612. The number of Topliss-reactive ketones (excluding diaryl/α,β-unsaturated/α-hetero) is 2. The van der Waals surface area contributed by atoms with E-state index < -0.39 is 6.10 Å². The molecule has 4 aliphatic carbocycles. The second kappa shape index (κ2) is 5.01. The van der Waals surface area contributed by atoms with E-state index in [1.165, 1.54) is 0 Å². The highest BCUT2D eigenvalue weighted by atomic mass is 79.9. The van der Waals surface area contributed by atoms with Gasteiger partial charge in [-0.1, -0.05) is 41.4 Å². The average Bonchev–Trinajstić information content (AvgIpc) is 2.73. The van der Waals surface area contributed by atoms with Crippen LogP contribution in [0.2, 0.25) is 0 Å². The smallest absolute Gasteiger partial charge is 0.152 e. The van der Waals surface area contributed by atoms with E-state index in [0.29, 0.717) is 30.3 Å².